The lowest BCUT2D eigenvalue weighted by Gasteiger charge is -2.09. The summed E-state index contributed by atoms with van der Waals surface area (Å²) < 4.78 is 6.43. The van der Waals surface area contributed by atoms with E-state index in [1.54, 1.807) is 0 Å². The van der Waals surface area contributed by atoms with Gasteiger partial charge >= 0.3 is 0 Å². The van der Waals surface area contributed by atoms with Crippen LogP contribution in [0.5, 0.6) is 0 Å². The zero-order valence-electron chi connectivity index (χ0n) is 22.2. The van der Waals surface area contributed by atoms with Gasteiger partial charge in [0, 0.05) is 27.6 Å². The van der Waals surface area contributed by atoms with Crippen molar-refractivity contribution in [3.8, 4) is 11.1 Å². The first-order valence-electron chi connectivity index (χ1n) is 13.2. The Kier molecular flexibility index (Phi) is 6.52. The van der Waals surface area contributed by atoms with Gasteiger partial charge in [0.2, 0.25) is 0 Å². The minimum atomic E-state index is 0.877. The molecule has 0 N–H and O–H groups in total. The van der Waals surface area contributed by atoms with Gasteiger partial charge in [0.05, 0.1) is 5.70 Å². The molecule has 5 aromatic carbocycles. The van der Waals surface area contributed by atoms with Crippen LogP contribution in [-0.2, 0) is 0 Å². The largest absolute Gasteiger partial charge is 0.455 e. The van der Waals surface area contributed by atoms with Crippen molar-refractivity contribution in [2.24, 2.45) is 4.99 Å². The monoisotopic (exact) mass is 503 g/mol. The van der Waals surface area contributed by atoms with E-state index in [-0.39, 0.29) is 0 Å². The van der Waals surface area contributed by atoms with Crippen molar-refractivity contribution in [3.63, 3.8) is 0 Å². The Labute approximate surface area is 229 Å². The molecule has 6 rings (SSSR count). The molecule has 0 spiro atoms. The van der Waals surface area contributed by atoms with Gasteiger partial charge in [-0.05, 0) is 53.8 Å². The molecule has 0 radical (unpaired) electrons. The molecule has 39 heavy (non-hydrogen) atoms. The molecular weight excluding hydrogens is 474 g/mol. The van der Waals surface area contributed by atoms with Crippen LogP contribution in [0.15, 0.2) is 143 Å². The van der Waals surface area contributed by atoms with E-state index in [2.05, 4.69) is 111 Å². The first-order valence-corrected chi connectivity index (χ1v) is 13.2. The molecule has 1 heterocycles. The fraction of sp³-hybridized carbons (Fsp3) is 0.0541. The molecule has 0 saturated heterocycles. The van der Waals surface area contributed by atoms with E-state index < -0.39 is 0 Å². The van der Waals surface area contributed by atoms with Crippen LogP contribution in [0.3, 0.4) is 0 Å². The molecule has 0 aliphatic rings. The van der Waals surface area contributed by atoms with Gasteiger partial charge < -0.3 is 4.42 Å². The lowest BCUT2D eigenvalue weighted by atomic mass is 9.99. The molecule has 0 fully saturated rings. The third kappa shape index (κ3) is 4.85. The van der Waals surface area contributed by atoms with Crippen molar-refractivity contribution in [3.05, 3.63) is 156 Å². The highest BCUT2D eigenvalue weighted by Gasteiger charge is 2.14. The number of aryl methyl sites for hydroxylation is 1. The molecule has 6 aromatic rings. The third-order valence-electron chi connectivity index (χ3n) is 7.13. The van der Waals surface area contributed by atoms with Crippen LogP contribution in [0.25, 0.3) is 44.3 Å². The van der Waals surface area contributed by atoms with Crippen molar-refractivity contribution in [1.82, 2.24) is 0 Å². The van der Waals surface area contributed by atoms with E-state index >= 15 is 0 Å². The zero-order chi connectivity index (χ0) is 26.8. The Hall–Kier alpha value is -4.95. The Bertz CT molecular complexity index is 1870. The normalized spacial score (nSPS) is 12.3. The predicted octanol–water partition coefficient (Wildman–Crippen LogP) is 10.1. The van der Waals surface area contributed by atoms with E-state index in [0.29, 0.717) is 0 Å². The quantitative estimate of drug-likeness (QED) is 0.164. The van der Waals surface area contributed by atoms with Crippen LogP contribution in [0.4, 0.5) is 0 Å². The second kappa shape index (κ2) is 10.4. The molecule has 0 aliphatic carbocycles. The first kappa shape index (κ1) is 24.4. The highest BCUT2D eigenvalue weighted by molar-refractivity contribution is 6.11. The molecule has 0 aliphatic heterocycles. The zero-order valence-corrected chi connectivity index (χ0v) is 22.2. The smallest absolute Gasteiger partial charge is 0.143 e. The van der Waals surface area contributed by atoms with E-state index in [9.17, 15) is 0 Å². The second-order valence-corrected chi connectivity index (χ2v) is 9.80. The number of allylic oxidation sites excluding steroid dienone is 2. The average molecular weight is 504 g/mol. The number of fused-ring (bicyclic) bond motifs is 3. The molecule has 0 atom stereocenters. The average Bonchev–Trinajstić information content (AvgIpc) is 3.38. The Morgan fingerprint density at radius 1 is 0.667 bits per heavy atom. The Morgan fingerprint density at radius 3 is 2.03 bits per heavy atom. The Balaban J connectivity index is 1.42. The summed E-state index contributed by atoms with van der Waals surface area (Å²) in [6.07, 6.45) is 2.06. The number of hydrogen-bond donors (Lipinski definition) is 0. The number of furan rings is 1. The van der Waals surface area contributed by atoms with Crippen LogP contribution < -0.4 is 0 Å². The van der Waals surface area contributed by atoms with Crippen molar-refractivity contribution in [1.29, 1.82) is 0 Å². The van der Waals surface area contributed by atoms with Crippen molar-refractivity contribution in [2.45, 2.75) is 13.8 Å². The highest BCUT2D eigenvalue weighted by atomic mass is 16.3. The summed E-state index contributed by atoms with van der Waals surface area (Å²) in [4.78, 5) is 5.12. The topological polar surface area (TPSA) is 25.5 Å². The SMILES string of the molecule is C=C(/C=C(\N=C(C)c1cccc(-c2cccc3c2oc2c(C)cccc23)c1)c1ccccc1)c1ccccc1. The molecule has 0 unspecified atom stereocenters. The molecule has 0 bridgehead atoms. The van der Waals surface area contributed by atoms with Crippen LogP contribution >= 0.6 is 0 Å². The maximum absolute atomic E-state index is 6.43. The maximum atomic E-state index is 6.43. The van der Waals surface area contributed by atoms with Gasteiger partial charge in [0.25, 0.3) is 0 Å². The first-order chi connectivity index (χ1) is 19.1. The predicted molar refractivity (Wildman–Crippen MR) is 166 cm³/mol. The fourth-order valence-corrected chi connectivity index (χ4v) is 5.04. The van der Waals surface area contributed by atoms with Gasteiger partial charge in [-0.25, -0.2) is 0 Å². The molecule has 1 aromatic heterocycles. The van der Waals surface area contributed by atoms with E-state index in [4.69, 9.17) is 9.41 Å². The van der Waals surface area contributed by atoms with E-state index in [0.717, 1.165) is 72.3 Å². The van der Waals surface area contributed by atoms with Gasteiger partial charge in [0.1, 0.15) is 11.2 Å². The van der Waals surface area contributed by atoms with Gasteiger partial charge in [0.15, 0.2) is 0 Å². The number of benzene rings is 5. The third-order valence-corrected chi connectivity index (χ3v) is 7.13. The maximum Gasteiger partial charge on any atom is 0.143 e. The molecule has 0 saturated carbocycles. The standard InChI is InChI=1S/C37H29NO/c1-25-13-10-21-33-34-22-12-20-32(37(34)39-36(25)33)31-19-11-18-30(24-31)27(3)38-35(29-16-8-5-9-17-29)23-26(2)28-14-6-4-7-15-28/h4-24H,2H2,1,3H3/b35-23-,38-27?. The lowest BCUT2D eigenvalue weighted by molar-refractivity contribution is 0.667. The lowest BCUT2D eigenvalue weighted by Crippen LogP contribution is -1.97. The summed E-state index contributed by atoms with van der Waals surface area (Å²) in [5.41, 5.74) is 11.1. The Morgan fingerprint density at radius 2 is 1.28 bits per heavy atom. The number of nitrogens with zero attached hydrogens (tertiary/aromatic N) is 1. The van der Waals surface area contributed by atoms with Gasteiger partial charge in [-0.15, -0.1) is 0 Å². The summed E-state index contributed by atoms with van der Waals surface area (Å²) in [6, 6.07) is 41.7. The molecule has 2 heteroatoms. The van der Waals surface area contributed by atoms with Crippen molar-refractivity contribution >= 4 is 38.9 Å². The summed E-state index contributed by atoms with van der Waals surface area (Å²) in [6.45, 7) is 8.48. The van der Waals surface area contributed by atoms with Crippen molar-refractivity contribution < 1.29 is 4.42 Å². The summed E-state index contributed by atoms with van der Waals surface area (Å²) in [5.74, 6) is 0. The minimum Gasteiger partial charge on any atom is -0.455 e. The van der Waals surface area contributed by atoms with Gasteiger partial charge in [-0.1, -0.05) is 122 Å². The molecule has 2 nitrogen and oxygen atoms in total. The molecular formula is C37H29NO. The van der Waals surface area contributed by atoms with Crippen LogP contribution in [-0.4, -0.2) is 5.71 Å². The van der Waals surface area contributed by atoms with Crippen LogP contribution in [0.1, 0.15) is 29.2 Å². The fourth-order valence-electron chi connectivity index (χ4n) is 5.04. The summed E-state index contributed by atoms with van der Waals surface area (Å²) in [5, 5.41) is 2.28. The van der Waals surface area contributed by atoms with Crippen LogP contribution in [0.2, 0.25) is 0 Å². The minimum absolute atomic E-state index is 0.877. The van der Waals surface area contributed by atoms with Gasteiger partial charge in [-0.2, -0.15) is 0 Å². The number of para-hydroxylation sites is 2. The van der Waals surface area contributed by atoms with Crippen LogP contribution in [0, 0.1) is 6.92 Å². The summed E-state index contributed by atoms with van der Waals surface area (Å²) in [7, 11) is 0. The molecule has 0 amide bonds. The van der Waals surface area contributed by atoms with E-state index in [1.165, 1.54) is 0 Å². The highest BCUT2D eigenvalue weighted by Crippen LogP contribution is 2.37. The number of aliphatic imine (C=N–C) groups is 1. The van der Waals surface area contributed by atoms with Gasteiger partial charge in [-0.3, -0.25) is 4.99 Å². The number of hydrogen-bond acceptors (Lipinski definition) is 2. The van der Waals surface area contributed by atoms with E-state index in [1.807, 2.05) is 36.4 Å². The van der Waals surface area contributed by atoms with Crippen molar-refractivity contribution in [2.75, 3.05) is 0 Å². The summed E-state index contributed by atoms with van der Waals surface area (Å²) >= 11 is 0. The number of rotatable bonds is 6. The molecule has 188 valence electrons. The second-order valence-electron chi connectivity index (χ2n) is 9.80.